The van der Waals surface area contributed by atoms with Gasteiger partial charge in [-0.05, 0) is 42.9 Å². The Morgan fingerprint density at radius 1 is 1.00 bits per heavy atom. The molecule has 7 heteroatoms. The molecule has 0 amide bonds. The van der Waals surface area contributed by atoms with E-state index in [9.17, 15) is 24.9 Å². The fourth-order valence-corrected chi connectivity index (χ4v) is 3.01. The van der Waals surface area contributed by atoms with Crippen LogP contribution < -0.4 is 4.74 Å². The Labute approximate surface area is 175 Å². The first-order chi connectivity index (χ1) is 14.2. The van der Waals surface area contributed by atoms with Crippen molar-refractivity contribution in [3.05, 3.63) is 47.0 Å². The Kier molecular flexibility index (Phi) is 8.09. The number of phenols is 3. The van der Waals surface area contributed by atoms with Gasteiger partial charge in [0.05, 0.1) is 7.11 Å². The molecule has 2 aromatic rings. The standard InChI is InChI=1S/C23H28O7/c1-14(2)4-10-17-19(26)12-20(27)22(23(17)30-13-21(28)29-3)18(25)11-7-15-5-8-16(24)9-6-15/h5-6,8-9,12,14,24,26-27H,4,7,10-11,13H2,1-3H3. The van der Waals surface area contributed by atoms with Crippen LogP contribution in [0.2, 0.25) is 0 Å². The van der Waals surface area contributed by atoms with E-state index in [0.717, 1.165) is 11.6 Å². The van der Waals surface area contributed by atoms with Crippen LogP contribution in [-0.2, 0) is 22.4 Å². The largest absolute Gasteiger partial charge is 0.508 e. The van der Waals surface area contributed by atoms with Crippen molar-refractivity contribution in [2.24, 2.45) is 5.92 Å². The van der Waals surface area contributed by atoms with Crippen LogP contribution in [0.1, 0.15) is 48.2 Å². The van der Waals surface area contributed by atoms with Crippen molar-refractivity contribution in [2.75, 3.05) is 13.7 Å². The van der Waals surface area contributed by atoms with Crippen molar-refractivity contribution >= 4 is 11.8 Å². The number of carbonyl (C=O) groups is 2. The molecule has 3 N–H and O–H groups in total. The molecule has 7 nitrogen and oxygen atoms in total. The molecule has 2 aromatic carbocycles. The van der Waals surface area contributed by atoms with Crippen molar-refractivity contribution < 1.29 is 34.4 Å². The number of methoxy groups -OCH3 is 1. The molecule has 0 aromatic heterocycles. The second-order valence-electron chi connectivity index (χ2n) is 7.48. The summed E-state index contributed by atoms with van der Waals surface area (Å²) in [6, 6.07) is 7.62. The fourth-order valence-electron chi connectivity index (χ4n) is 3.01. The molecule has 2 rings (SSSR count). The summed E-state index contributed by atoms with van der Waals surface area (Å²) in [6.07, 6.45) is 1.59. The maximum atomic E-state index is 13.0. The number of Topliss-reactive ketones (excluding diaryl/α,β-unsaturated/α-hetero) is 1. The number of rotatable bonds is 10. The second-order valence-corrected chi connectivity index (χ2v) is 7.48. The number of carbonyl (C=O) groups excluding carboxylic acids is 2. The van der Waals surface area contributed by atoms with Crippen molar-refractivity contribution in [3.63, 3.8) is 0 Å². The van der Waals surface area contributed by atoms with E-state index in [1.165, 1.54) is 19.2 Å². The summed E-state index contributed by atoms with van der Waals surface area (Å²) in [5, 5.41) is 30.1. The zero-order valence-electron chi connectivity index (χ0n) is 17.5. The molecule has 0 aliphatic carbocycles. The molecule has 0 heterocycles. The molecule has 0 saturated carbocycles. The van der Waals surface area contributed by atoms with Gasteiger partial charge < -0.3 is 24.8 Å². The van der Waals surface area contributed by atoms with Crippen LogP contribution >= 0.6 is 0 Å². The fraction of sp³-hybridized carbons (Fsp3) is 0.391. The Morgan fingerprint density at radius 3 is 2.27 bits per heavy atom. The first-order valence-corrected chi connectivity index (χ1v) is 9.81. The van der Waals surface area contributed by atoms with Gasteiger partial charge in [0.25, 0.3) is 0 Å². The molecule has 0 spiro atoms. The third-order valence-electron chi connectivity index (χ3n) is 4.73. The van der Waals surface area contributed by atoms with E-state index < -0.39 is 18.3 Å². The summed E-state index contributed by atoms with van der Waals surface area (Å²) in [6.45, 7) is 3.60. The van der Waals surface area contributed by atoms with Gasteiger partial charge >= 0.3 is 5.97 Å². The van der Waals surface area contributed by atoms with Crippen molar-refractivity contribution in [2.45, 2.75) is 39.5 Å². The predicted molar refractivity (Wildman–Crippen MR) is 111 cm³/mol. The SMILES string of the molecule is COC(=O)COc1c(CCC(C)C)c(O)cc(O)c1C(=O)CCc1ccc(O)cc1. The molecular weight excluding hydrogens is 388 g/mol. The van der Waals surface area contributed by atoms with Crippen molar-refractivity contribution in [3.8, 4) is 23.0 Å². The first kappa shape index (κ1) is 23.1. The maximum absolute atomic E-state index is 13.0. The highest BCUT2D eigenvalue weighted by molar-refractivity contribution is 6.02. The summed E-state index contributed by atoms with van der Waals surface area (Å²) in [4.78, 5) is 24.5. The van der Waals surface area contributed by atoms with Gasteiger partial charge in [0.2, 0.25) is 0 Å². The average Bonchev–Trinajstić information content (AvgIpc) is 2.70. The number of aryl methyl sites for hydroxylation is 1. The molecule has 0 unspecified atom stereocenters. The quantitative estimate of drug-likeness (QED) is 0.399. The van der Waals surface area contributed by atoms with Gasteiger partial charge in [0.15, 0.2) is 12.4 Å². The topological polar surface area (TPSA) is 113 Å². The van der Waals surface area contributed by atoms with Crippen LogP contribution in [-0.4, -0.2) is 40.8 Å². The molecule has 0 radical (unpaired) electrons. The van der Waals surface area contributed by atoms with E-state index in [4.69, 9.17) is 4.74 Å². The number of hydrogen-bond donors (Lipinski definition) is 3. The first-order valence-electron chi connectivity index (χ1n) is 9.81. The lowest BCUT2D eigenvalue weighted by molar-refractivity contribution is -0.142. The van der Waals surface area contributed by atoms with E-state index in [2.05, 4.69) is 4.74 Å². The minimum absolute atomic E-state index is 0.00857. The van der Waals surface area contributed by atoms with Crippen LogP contribution in [0.15, 0.2) is 30.3 Å². The highest BCUT2D eigenvalue weighted by Crippen LogP contribution is 2.40. The van der Waals surface area contributed by atoms with Crippen LogP contribution in [0, 0.1) is 5.92 Å². The van der Waals surface area contributed by atoms with Crippen LogP contribution in [0.5, 0.6) is 23.0 Å². The second kappa shape index (κ2) is 10.5. The molecule has 0 fully saturated rings. The lowest BCUT2D eigenvalue weighted by atomic mass is 9.94. The summed E-state index contributed by atoms with van der Waals surface area (Å²) < 4.78 is 10.1. The minimum atomic E-state index is -0.643. The molecule has 162 valence electrons. The van der Waals surface area contributed by atoms with Gasteiger partial charge in [0, 0.05) is 18.1 Å². The summed E-state index contributed by atoms with van der Waals surface area (Å²) in [7, 11) is 1.22. The van der Waals surface area contributed by atoms with Crippen LogP contribution in [0.4, 0.5) is 0 Å². The van der Waals surface area contributed by atoms with Gasteiger partial charge in [-0.15, -0.1) is 0 Å². The van der Waals surface area contributed by atoms with Gasteiger partial charge in [-0.1, -0.05) is 26.0 Å². The molecule has 30 heavy (non-hydrogen) atoms. The zero-order chi connectivity index (χ0) is 22.3. The van der Waals surface area contributed by atoms with Gasteiger partial charge in [-0.25, -0.2) is 4.79 Å². The molecule has 0 atom stereocenters. The number of benzene rings is 2. The number of esters is 1. The summed E-state index contributed by atoms with van der Waals surface area (Å²) in [5.74, 6) is -1.15. The third kappa shape index (κ3) is 6.14. The number of ether oxygens (including phenoxy) is 2. The summed E-state index contributed by atoms with van der Waals surface area (Å²) >= 11 is 0. The Hall–Kier alpha value is -3.22. The van der Waals surface area contributed by atoms with E-state index in [1.54, 1.807) is 12.1 Å². The lowest BCUT2D eigenvalue weighted by Gasteiger charge is -2.18. The number of hydrogen-bond acceptors (Lipinski definition) is 7. The Morgan fingerprint density at radius 2 is 1.67 bits per heavy atom. The van der Waals surface area contributed by atoms with Crippen molar-refractivity contribution in [1.29, 1.82) is 0 Å². The molecule has 0 aliphatic rings. The van der Waals surface area contributed by atoms with Gasteiger partial charge in [-0.3, -0.25) is 4.79 Å². The smallest absolute Gasteiger partial charge is 0.343 e. The molecule has 0 saturated heterocycles. The van der Waals surface area contributed by atoms with E-state index in [0.29, 0.717) is 30.7 Å². The van der Waals surface area contributed by atoms with Crippen LogP contribution in [0.25, 0.3) is 0 Å². The summed E-state index contributed by atoms with van der Waals surface area (Å²) in [5.41, 5.74) is 1.16. The molecule has 0 bridgehead atoms. The van der Waals surface area contributed by atoms with Gasteiger partial charge in [0.1, 0.15) is 28.6 Å². The van der Waals surface area contributed by atoms with E-state index >= 15 is 0 Å². The monoisotopic (exact) mass is 416 g/mol. The van der Waals surface area contributed by atoms with E-state index in [-0.39, 0.29) is 35.0 Å². The van der Waals surface area contributed by atoms with Crippen molar-refractivity contribution in [1.82, 2.24) is 0 Å². The van der Waals surface area contributed by atoms with Crippen LogP contribution in [0.3, 0.4) is 0 Å². The minimum Gasteiger partial charge on any atom is -0.508 e. The number of phenolic OH excluding ortho intramolecular Hbond substituents is 3. The number of aromatic hydroxyl groups is 3. The zero-order valence-corrected chi connectivity index (χ0v) is 17.5. The third-order valence-corrected chi connectivity index (χ3v) is 4.73. The number of ketones is 1. The van der Waals surface area contributed by atoms with Gasteiger partial charge in [-0.2, -0.15) is 0 Å². The Bertz CT molecular complexity index is 885. The lowest BCUT2D eigenvalue weighted by Crippen LogP contribution is -2.16. The highest BCUT2D eigenvalue weighted by atomic mass is 16.6. The maximum Gasteiger partial charge on any atom is 0.343 e. The normalized spacial score (nSPS) is 10.8. The molecule has 0 aliphatic heterocycles. The highest BCUT2D eigenvalue weighted by Gasteiger charge is 2.25. The Balaban J connectivity index is 2.35. The average molecular weight is 416 g/mol. The predicted octanol–water partition coefficient (Wildman–Crippen LogP) is 3.76. The molecular formula is C23H28O7. The van der Waals surface area contributed by atoms with E-state index in [1.807, 2.05) is 13.8 Å².